The second-order valence-corrected chi connectivity index (χ2v) is 6.86. The summed E-state index contributed by atoms with van der Waals surface area (Å²) in [5.74, 6) is -4.73. The second kappa shape index (κ2) is 11.9. The Balaban J connectivity index is 0.00000512. The molecule has 2 rings (SSSR count). The van der Waals surface area contributed by atoms with Gasteiger partial charge in [0.1, 0.15) is 24.7 Å². The van der Waals surface area contributed by atoms with Gasteiger partial charge in [0.15, 0.2) is 11.9 Å². The molecule has 1 aromatic carbocycles. The molecule has 0 spiro atoms. The molecule has 0 saturated carbocycles. The number of hydrogen-bond acceptors (Lipinski definition) is 10. The van der Waals surface area contributed by atoms with Crippen molar-refractivity contribution in [3.63, 3.8) is 0 Å². The first kappa shape index (κ1) is 26.7. The summed E-state index contributed by atoms with van der Waals surface area (Å²) in [5, 5.41) is 0. The van der Waals surface area contributed by atoms with Crippen molar-refractivity contribution in [2.75, 3.05) is 6.61 Å². The topological polar surface area (TPSA) is 163 Å². The first-order valence-corrected chi connectivity index (χ1v) is 9.50. The van der Waals surface area contributed by atoms with E-state index in [1.54, 1.807) is 18.2 Å². The van der Waals surface area contributed by atoms with Gasteiger partial charge in [-0.25, -0.2) is 0 Å². The maximum Gasteiger partial charge on any atom is 0.305 e. The van der Waals surface area contributed by atoms with E-state index in [0.717, 1.165) is 20.8 Å². The van der Waals surface area contributed by atoms with Crippen LogP contribution >= 0.6 is 0 Å². The van der Waals surface area contributed by atoms with Gasteiger partial charge < -0.3 is 29.2 Å². The zero-order valence-electron chi connectivity index (χ0n) is 18.1. The monoisotopic (exact) mass is 454 g/mol. The van der Waals surface area contributed by atoms with Crippen LogP contribution in [0.2, 0.25) is 0 Å². The lowest BCUT2D eigenvalue weighted by Crippen LogP contribution is -2.61. The minimum atomic E-state index is -1.49. The zero-order valence-corrected chi connectivity index (χ0v) is 18.1. The molecule has 5 unspecified atom stereocenters. The van der Waals surface area contributed by atoms with E-state index >= 15 is 0 Å². The summed E-state index contributed by atoms with van der Waals surface area (Å²) in [6, 6.07) is 8.05. The number of ketones is 1. The van der Waals surface area contributed by atoms with Gasteiger partial charge in [0.2, 0.25) is 6.29 Å². The lowest BCUT2D eigenvalue weighted by atomic mass is 9.82. The van der Waals surface area contributed by atoms with Crippen LogP contribution in [0.25, 0.3) is 0 Å². The lowest BCUT2D eigenvalue weighted by molar-refractivity contribution is -0.280. The Morgan fingerprint density at radius 2 is 1.31 bits per heavy atom. The van der Waals surface area contributed by atoms with Crippen molar-refractivity contribution >= 4 is 29.7 Å². The van der Waals surface area contributed by atoms with Crippen LogP contribution in [0.5, 0.6) is 0 Å². The number of rotatable bonds is 7. The maximum atomic E-state index is 13.4. The van der Waals surface area contributed by atoms with E-state index in [1.165, 1.54) is 19.1 Å². The van der Waals surface area contributed by atoms with Gasteiger partial charge in [-0.3, -0.25) is 24.0 Å². The Morgan fingerprint density at radius 1 is 0.781 bits per heavy atom. The summed E-state index contributed by atoms with van der Waals surface area (Å²) in [6.45, 7) is 4.13. The number of ether oxygens (including phenoxy) is 5. The Hall–Kier alpha value is -3.31. The molecule has 0 aliphatic carbocycles. The third-order valence-electron chi connectivity index (χ3n) is 4.35. The molecule has 1 aliphatic rings. The molecule has 0 radical (unpaired) electrons. The fourth-order valence-electron chi connectivity index (χ4n) is 3.26. The summed E-state index contributed by atoms with van der Waals surface area (Å²) >= 11 is 0. The molecular formula is C21H26O11. The van der Waals surface area contributed by atoms with Crippen molar-refractivity contribution in [2.24, 2.45) is 5.92 Å². The molecule has 1 aromatic rings. The molecule has 0 aromatic heterocycles. The van der Waals surface area contributed by atoms with Gasteiger partial charge in [-0.2, -0.15) is 0 Å². The van der Waals surface area contributed by atoms with Gasteiger partial charge in [0.05, 0.1) is 0 Å². The predicted octanol–water partition coefficient (Wildman–Crippen LogP) is 0.375. The van der Waals surface area contributed by atoms with Crippen molar-refractivity contribution in [3.05, 3.63) is 35.9 Å². The molecule has 176 valence electrons. The smallest absolute Gasteiger partial charge is 0.305 e. The van der Waals surface area contributed by atoms with Crippen LogP contribution in [0, 0.1) is 5.92 Å². The fraction of sp³-hybridized carbons (Fsp3) is 0.476. The van der Waals surface area contributed by atoms with E-state index < -0.39 is 66.8 Å². The van der Waals surface area contributed by atoms with Gasteiger partial charge in [-0.15, -0.1) is 0 Å². The molecule has 0 amide bonds. The Bertz CT molecular complexity index is 835. The molecule has 11 nitrogen and oxygen atoms in total. The number of Topliss-reactive ketones (excluding diaryl/α,β-unsaturated/α-hetero) is 1. The third kappa shape index (κ3) is 7.13. The van der Waals surface area contributed by atoms with E-state index in [1.807, 2.05) is 0 Å². The molecule has 32 heavy (non-hydrogen) atoms. The quantitative estimate of drug-likeness (QED) is 0.319. The summed E-state index contributed by atoms with van der Waals surface area (Å²) in [6.07, 6.45) is -5.36. The van der Waals surface area contributed by atoms with E-state index in [9.17, 15) is 24.0 Å². The summed E-state index contributed by atoms with van der Waals surface area (Å²) in [4.78, 5) is 59.9. The highest BCUT2D eigenvalue weighted by molar-refractivity contribution is 5.99. The second-order valence-electron chi connectivity index (χ2n) is 6.86. The Kier molecular flexibility index (Phi) is 9.95. The molecule has 11 heteroatoms. The largest absolute Gasteiger partial charge is 0.463 e. The average molecular weight is 454 g/mol. The van der Waals surface area contributed by atoms with Gasteiger partial charge in [0.25, 0.3) is 0 Å². The Morgan fingerprint density at radius 3 is 1.81 bits per heavy atom. The van der Waals surface area contributed by atoms with Crippen LogP contribution in [0.4, 0.5) is 0 Å². The molecule has 1 fully saturated rings. The van der Waals surface area contributed by atoms with Crippen molar-refractivity contribution in [2.45, 2.75) is 52.3 Å². The molecule has 5 atom stereocenters. The van der Waals surface area contributed by atoms with Crippen molar-refractivity contribution in [3.8, 4) is 0 Å². The summed E-state index contributed by atoms with van der Waals surface area (Å²) in [5.41, 5.74) is 0.247. The van der Waals surface area contributed by atoms with Crippen molar-refractivity contribution in [1.82, 2.24) is 0 Å². The van der Waals surface area contributed by atoms with E-state index in [0.29, 0.717) is 0 Å². The highest BCUT2D eigenvalue weighted by Crippen LogP contribution is 2.34. The minimum absolute atomic E-state index is 0. The first-order valence-electron chi connectivity index (χ1n) is 9.50. The molecular weight excluding hydrogens is 428 g/mol. The fourth-order valence-corrected chi connectivity index (χ4v) is 3.26. The number of hydrogen-bond donors (Lipinski definition) is 0. The Labute approximate surface area is 184 Å². The summed E-state index contributed by atoms with van der Waals surface area (Å²) < 4.78 is 26.4. The van der Waals surface area contributed by atoms with E-state index in [4.69, 9.17) is 23.7 Å². The number of carbonyl (C=O) groups excluding carboxylic acids is 5. The van der Waals surface area contributed by atoms with Crippen LogP contribution < -0.4 is 0 Å². The van der Waals surface area contributed by atoms with Gasteiger partial charge in [-0.05, 0) is 0 Å². The van der Waals surface area contributed by atoms with Crippen LogP contribution in [0.1, 0.15) is 38.1 Å². The lowest BCUT2D eigenvalue weighted by Gasteiger charge is -2.43. The predicted molar refractivity (Wildman–Crippen MR) is 106 cm³/mol. The zero-order chi connectivity index (χ0) is 23.1. The van der Waals surface area contributed by atoms with Crippen molar-refractivity contribution in [1.29, 1.82) is 0 Å². The van der Waals surface area contributed by atoms with Crippen LogP contribution in [0.3, 0.4) is 0 Å². The molecule has 1 aliphatic heterocycles. The van der Waals surface area contributed by atoms with Crippen molar-refractivity contribution < 1.29 is 53.1 Å². The SMILES string of the molecule is CC(=O)OCC1OC(OC(C)=O)C(OC(C)=O)C(C(=O)c2ccccc2)C1OC(C)=O.O. The maximum absolute atomic E-state index is 13.4. The van der Waals surface area contributed by atoms with Gasteiger partial charge in [-0.1, -0.05) is 30.3 Å². The average Bonchev–Trinajstić information content (AvgIpc) is 2.68. The number of carbonyl (C=O) groups is 5. The van der Waals surface area contributed by atoms with Crippen LogP contribution in [-0.4, -0.2) is 66.3 Å². The van der Waals surface area contributed by atoms with Gasteiger partial charge >= 0.3 is 23.9 Å². The minimum Gasteiger partial charge on any atom is -0.463 e. The van der Waals surface area contributed by atoms with E-state index in [2.05, 4.69) is 0 Å². The van der Waals surface area contributed by atoms with E-state index in [-0.39, 0.29) is 11.0 Å². The number of benzene rings is 1. The molecule has 1 heterocycles. The normalized spacial score (nSPS) is 24.3. The number of esters is 4. The van der Waals surface area contributed by atoms with Crippen LogP contribution in [0.15, 0.2) is 30.3 Å². The van der Waals surface area contributed by atoms with Crippen LogP contribution in [-0.2, 0) is 42.9 Å². The first-order chi connectivity index (χ1) is 14.6. The molecule has 0 bridgehead atoms. The standard InChI is InChI=1S/C21H24O10.H2O/c1-11(22)27-10-16-19(28-12(2)23)17(18(26)15-8-6-5-7-9-15)20(29-13(3)24)21(31-16)30-14(4)25;/h5-9,16-17,19-21H,10H2,1-4H3;1H2. The third-order valence-corrected chi connectivity index (χ3v) is 4.35. The molecule has 2 N–H and O–H groups in total. The summed E-state index contributed by atoms with van der Waals surface area (Å²) in [7, 11) is 0. The highest BCUT2D eigenvalue weighted by atomic mass is 16.7. The molecule has 1 saturated heterocycles. The highest BCUT2D eigenvalue weighted by Gasteiger charge is 2.54. The van der Waals surface area contributed by atoms with Gasteiger partial charge in [0, 0.05) is 33.3 Å².